The molecule has 0 amide bonds. The summed E-state index contributed by atoms with van der Waals surface area (Å²) in [6.45, 7) is 17.6. The van der Waals surface area contributed by atoms with Crippen molar-refractivity contribution in [1.82, 2.24) is 0 Å². The predicted molar refractivity (Wildman–Crippen MR) is 113 cm³/mol. The van der Waals surface area contributed by atoms with Gasteiger partial charge in [-0.15, -0.1) is 0 Å². The summed E-state index contributed by atoms with van der Waals surface area (Å²) in [5.74, 6) is 1.48. The first kappa shape index (κ1) is 22.9. The zero-order valence-electron chi connectivity index (χ0n) is 18.5. The SMILES string of the molecule is C=C/C(C)=C/C(=C)[C@@H]1[C@H](CC(=O)OC)[C@@H](OCOC)[C@@H]2[C@@H](C)C[C@@H](C)C[C@]21C. The number of rotatable bonds is 8. The lowest BCUT2D eigenvalue weighted by Crippen LogP contribution is -2.43. The number of allylic oxidation sites excluding steroid dienone is 4. The molecule has 158 valence electrons. The third-order valence-electron chi connectivity index (χ3n) is 6.99. The Morgan fingerprint density at radius 2 is 1.96 bits per heavy atom. The summed E-state index contributed by atoms with van der Waals surface area (Å²) in [5.41, 5.74) is 2.16. The second-order valence-corrected chi connectivity index (χ2v) is 9.18. The Morgan fingerprint density at radius 3 is 2.54 bits per heavy atom. The van der Waals surface area contributed by atoms with Crippen LogP contribution in [0, 0.1) is 35.0 Å². The molecule has 4 nitrogen and oxygen atoms in total. The number of hydrogen-bond donors (Lipinski definition) is 0. The summed E-state index contributed by atoms with van der Waals surface area (Å²) in [6.07, 6.45) is 6.54. The molecule has 0 unspecified atom stereocenters. The van der Waals surface area contributed by atoms with Gasteiger partial charge in [0.2, 0.25) is 0 Å². The number of carbonyl (C=O) groups excluding carboxylic acids is 1. The number of methoxy groups -OCH3 is 2. The number of carbonyl (C=O) groups is 1. The van der Waals surface area contributed by atoms with Crippen LogP contribution in [0.2, 0.25) is 0 Å². The number of fused-ring (bicyclic) bond motifs is 1. The van der Waals surface area contributed by atoms with Gasteiger partial charge >= 0.3 is 5.97 Å². The Labute approximate surface area is 171 Å². The minimum absolute atomic E-state index is 0.0171. The van der Waals surface area contributed by atoms with E-state index in [-0.39, 0.29) is 36.1 Å². The van der Waals surface area contributed by atoms with Crippen molar-refractivity contribution < 1.29 is 19.0 Å². The Kier molecular flexibility index (Phi) is 7.69. The first-order valence-electron chi connectivity index (χ1n) is 10.4. The molecule has 4 heteroatoms. The van der Waals surface area contributed by atoms with Gasteiger partial charge in [-0.2, -0.15) is 0 Å². The Hall–Kier alpha value is -1.39. The molecule has 0 aliphatic heterocycles. The summed E-state index contributed by atoms with van der Waals surface area (Å²) >= 11 is 0. The van der Waals surface area contributed by atoms with E-state index in [1.807, 2.05) is 13.0 Å². The molecule has 0 aromatic heterocycles. The molecule has 0 N–H and O–H groups in total. The molecule has 2 rings (SSSR count). The zero-order valence-corrected chi connectivity index (χ0v) is 18.5. The van der Waals surface area contributed by atoms with Crippen LogP contribution in [0.5, 0.6) is 0 Å². The van der Waals surface area contributed by atoms with E-state index in [1.54, 1.807) is 7.11 Å². The fourth-order valence-corrected chi connectivity index (χ4v) is 6.40. The Morgan fingerprint density at radius 1 is 1.29 bits per heavy atom. The van der Waals surface area contributed by atoms with Crippen LogP contribution in [-0.4, -0.2) is 33.1 Å². The predicted octanol–water partition coefficient (Wildman–Crippen LogP) is 5.16. The highest BCUT2D eigenvalue weighted by molar-refractivity contribution is 5.70. The van der Waals surface area contributed by atoms with Crippen molar-refractivity contribution in [3.63, 3.8) is 0 Å². The molecule has 7 atom stereocenters. The third kappa shape index (κ3) is 4.44. The van der Waals surface area contributed by atoms with Crippen LogP contribution in [0.15, 0.2) is 36.5 Å². The van der Waals surface area contributed by atoms with Crippen molar-refractivity contribution in [2.45, 2.75) is 53.1 Å². The molecular weight excluding hydrogens is 352 g/mol. The normalized spacial score (nSPS) is 38.0. The molecule has 28 heavy (non-hydrogen) atoms. The first-order valence-corrected chi connectivity index (χ1v) is 10.4. The summed E-state index contributed by atoms with van der Waals surface area (Å²) < 4.78 is 16.5. The van der Waals surface area contributed by atoms with Gasteiger partial charge in [0.25, 0.3) is 0 Å². The summed E-state index contributed by atoms with van der Waals surface area (Å²) in [7, 11) is 3.09. The van der Waals surface area contributed by atoms with Gasteiger partial charge in [-0.1, -0.05) is 57.2 Å². The maximum atomic E-state index is 12.3. The highest BCUT2D eigenvalue weighted by atomic mass is 16.7. The summed E-state index contributed by atoms with van der Waals surface area (Å²) in [5, 5.41) is 0. The van der Waals surface area contributed by atoms with Gasteiger partial charge in [-0.05, 0) is 48.9 Å². The standard InChI is InChI=1S/C24H38O4/c1-9-15(2)10-17(4)21-19(12-20(25)27-8)23(28-14-26-7)22-18(5)11-16(3)13-24(21,22)6/h9-10,16,18-19,21-23H,1,4,11-14H2,2-3,5-8H3/b15-10+/t16-,18+,19+,21-,22+,23-,24+/m1/s1. The fourth-order valence-electron chi connectivity index (χ4n) is 6.40. The monoisotopic (exact) mass is 390 g/mol. The van der Waals surface area contributed by atoms with E-state index in [2.05, 4.69) is 40.0 Å². The molecule has 0 saturated heterocycles. The largest absolute Gasteiger partial charge is 0.469 e. The van der Waals surface area contributed by atoms with E-state index in [0.29, 0.717) is 24.2 Å². The van der Waals surface area contributed by atoms with E-state index >= 15 is 0 Å². The molecule has 0 aromatic rings. The van der Waals surface area contributed by atoms with Crippen LogP contribution in [-0.2, 0) is 19.0 Å². The van der Waals surface area contributed by atoms with Crippen molar-refractivity contribution >= 4 is 5.97 Å². The van der Waals surface area contributed by atoms with E-state index in [0.717, 1.165) is 17.6 Å². The van der Waals surface area contributed by atoms with Gasteiger partial charge in [-0.3, -0.25) is 4.79 Å². The average molecular weight is 391 g/mol. The lowest BCUT2D eigenvalue weighted by molar-refractivity contribution is -0.147. The maximum Gasteiger partial charge on any atom is 0.305 e. The lowest BCUT2D eigenvalue weighted by Gasteiger charge is -2.48. The quantitative estimate of drug-likeness (QED) is 0.326. The minimum atomic E-state index is -0.193. The highest BCUT2D eigenvalue weighted by Crippen LogP contribution is 2.64. The first-order chi connectivity index (χ1) is 13.2. The lowest BCUT2D eigenvalue weighted by atomic mass is 9.57. The highest BCUT2D eigenvalue weighted by Gasteiger charge is 2.62. The van der Waals surface area contributed by atoms with Crippen LogP contribution in [0.3, 0.4) is 0 Å². The van der Waals surface area contributed by atoms with Crippen molar-refractivity contribution in [2.75, 3.05) is 21.0 Å². The maximum absolute atomic E-state index is 12.3. The second-order valence-electron chi connectivity index (χ2n) is 9.18. The van der Waals surface area contributed by atoms with Crippen molar-refractivity contribution in [3.8, 4) is 0 Å². The Balaban J connectivity index is 2.54. The van der Waals surface area contributed by atoms with Crippen LogP contribution in [0.25, 0.3) is 0 Å². The molecule has 0 bridgehead atoms. The van der Waals surface area contributed by atoms with Gasteiger partial charge in [0.05, 0.1) is 19.6 Å². The number of hydrogen-bond acceptors (Lipinski definition) is 4. The zero-order chi connectivity index (χ0) is 21.1. The third-order valence-corrected chi connectivity index (χ3v) is 6.99. The van der Waals surface area contributed by atoms with E-state index < -0.39 is 0 Å². The Bertz CT molecular complexity index is 622. The van der Waals surface area contributed by atoms with Crippen LogP contribution >= 0.6 is 0 Å². The van der Waals surface area contributed by atoms with Gasteiger partial charge < -0.3 is 14.2 Å². The van der Waals surface area contributed by atoms with Crippen molar-refractivity contribution in [2.24, 2.45) is 35.0 Å². The molecular formula is C24H38O4. The molecule has 2 fully saturated rings. The molecule has 2 aliphatic rings. The minimum Gasteiger partial charge on any atom is -0.469 e. The van der Waals surface area contributed by atoms with Crippen LogP contribution in [0.1, 0.15) is 47.0 Å². The number of esters is 1. The fraction of sp³-hybridized carbons (Fsp3) is 0.708. The average Bonchev–Trinajstić information content (AvgIpc) is 2.86. The molecule has 2 aliphatic carbocycles. The van der Waals surface area contributed by atoms with E-state index in [1.165, 1.54) is 13.5 Å². The van der Waals surface area contributed by atoms with Crippen LogP contribution < -0.4 is 0 Å². The molecule has 0 heterocycles. The van der Waals surface area contributed by atoms with Gasteiger partial charge in [0.15, 0.2) is 0 Å². The second kappa shape index (κ2) is 9.41. The number of ether oxygens (including phenoxy) is 3. The molecule has 2 saturated carbocycles. The van der Waals surface area contributed by atoms with E-state index in [9.17, 15) is 4.79 Å². The molecule has 0 radical (unpaired) electrons. The van der Waals surface area contributed by atoms with Crippen molar-refractivity contribution in [1.29, 1.82) is 0 Å². The summed E-state index contributed by atoms with van der Waals surface area (Å²) in [6, 6.07) is 0. The van der Waals surface area contributed by atoms with Crippen LogP contribution in [0.4, 0.5) is 0 Å². The summed E-state index contributed by atoms with van der Waals surface area (Å²) in [4.78, 5) is 12.3. The van der Waals surface area contributed by atoms with Gasteiger partial charge in [0, 0.05) is 13.0 Å². The molecule has 0 spiro atoms. The topological polar surface area (TPSA) is 44.8 Å². The van der Waals surface area contributed by atoms with Crippen molar-refractivity contribution in [3.05, 3.63) is 36.5 Å². The van der Waals surface area contributed by atoms with Gasteiger partial charge in [0.1, 0.15) is 6.79 Å². The van der Waals surface area contributed by atoms with Gasteiger partial charge in [-0.25, -0.2) is 0 Å². The molecule has 0 aromatic carbocycles. The van der Waals surface area contributed by atoms with E-state index in [4.69, 9.17) is 14.2 Å². The smallest absolute Gasteiger partial charge is 0.305 e.